The number of esters is 1. The van der Waals surface area contributed by atoms with E-state index in [1.165, 1.54) is 7.11 Å². The Bertz CT molecular complexity index is 370. The van der Waals surface area contributed by atoms with Crippen LogP contribution in [0.25, 0.3) is 0 Å². The Morgan fingerprint density at radius 2 is 1.88 bits per heavy atom. The molecule has 0 radical (unpaired) electrons. The van der Waals surface area contributed by atoms with Crippen molar-refractivity contribution in [2.45, 2.75) is 19.8 Å². The van der Waals surface area contributed by atoms with E-state index in [1.807, 2.05) is 6.92 Å². The summed E-state index contributed by atoms with van der Waals surface area (Å²) >= 11 is 0. The molecule has 1 rings (SSSR count). The van der Waals surface area contributed by atoms with Crippen LogP contribution < -0.4 is 5.32 Å². The van der Waals surface area contributed by atoms with Gasteiger partial charge in [-0.2, -0.15) is 0 Å². The van der Waals surface area contributed by atoms with E-state index in [0.29, 0.717) is 17.7 Å². The van der Waals surface area contributed by atoms with Crippen molar-refractivity contribution >= 4 is 17.6 Å². The van der Waals surface area contributed by atoms with Gasteiger partial charge in [0.1, 0.15) is 0 Å². The van der Waals surface area contributed by atoms with Gasteiger partial charge in [0.25, 0.3) is 0 Å². The number of methoxy groups -OCH3 is 1. The first-order valence-electron chi connectivity index (χ1n) is 5.15. The highest BCUT2D eigenvalue weighted by molar-refractivity contribution is 5.92. The number of amides is 1. The molecule has 0 unspecified atom stereocenters. The molecular weight excluding hydrogens is 206 g/mol. The molecule has 1 amide bonds. The van der Waals surface area contributed by atoms with Gasteiger partial charge in [-0.1, -0.05) is 6.92 Å². The highest BCUT2D eigenvalue weighted by atomic mass is 16.5. The molecule has 16 heavy (non-hydrogen) atoms. The number of nitrogens with one attached hydrogen (secondary N) is 1. The first-order valence-corrected chi connectivity index (χ1v) is 5.15. The number of carbonyl (C=O) groups is 2. The number of carbonyl (C=O) groups excluding carboxylic acids is 2. The number of hydrogen-bond acceptors (Lipinski definition) is 3. The fourth-order valence-corrected chi connectivity index (χ4v) is 1.26. The second kappa shape index (κ2) is 5.90. The summed E-state index contributed by atoms with van der Waals surface area (Å²) in [5.41, 5.74) is 1.15. The van der Waals surface area contributed by atoms with Crippen LogP contribution in [0.5, 0.6) is 0 Å². The van der Waals surface area contributed by atoms with Gasteiger partial charge in [0.05, 0.1) is 12.7 Å². The zero-order valence-corrected chi connectivity index (χ0v) is 9.45. The quantitative estimate of drug-likeness (QED) is 0.793. The van der Waals surface area contributed by atoms with E-state index in [4.69, 9.17) is 0 Å². The minimum Gasteiger partial charge on any atom is -0.465 e. The van der Waals surface area contributed by atoms with Crippen molar-refractivity contribution in [3.63, 3.8) is 0 Å². The lowest BCUT2D eigenvalue weighted by molar-refractivity contribution is -0.116. The molecule has 0 saturated carbocycles. The van der Waals surface area contributed by atoms with Crippen LogP contribution in [-0.2, 0) is 9.53 Å². The van der Waals surface area contributed by atoms with Crippen molar-refractivity contribution in [1.29, 1.82) is 0 Å². The van der Waals surface area contributed by atoms with Crippen LogP contribution in [0.15, 0.2) is 24.3 Å². The number of hydrogen-bond donors (Lipinski definition) is 1. The van der Waals surface area contributed by atoms with Crippen molar-refractivity contribution in [3.05, 3.63) is 29.8 Å². The molecule has 1 aromatic carbocycles. The van der Waals surface area contributed by atoms with Crippen LogP contribution in [0.3, 0.4) is 0 Å². The molecule has 0 saturated heterocycles. The minimum absolute atomic E-state index is 0.0201. The van der Waals surface area contributed by atoms with Gasteiger partial charge in [0, 0.05) is 12.1 Å². The third-order valence-corrected chi connectivity index (χ3v) is 2.07. The second-order valence-corrected chi connectivity index (χ2v) is 3.37. The smallest absolute Gasteiger partial charge is 0.337 e. The predicted molar refractivity (Wildman–Crippen MR) is 61.3 cm³/mol. The van der Waals surface area contributed by atoms with Gasteiger partial charge in [0.2, 0.25) is 5.91 Å². The Morgan fingerprint density at radius 1 is 1.25 bits per heavy atom. The molecule has 1 aromatic rings. The summed E-state index contributed by atoms with van der Waals surface area (Å²) in [5.74, 6) is -0.403. The van der Waals surface area contributed by atoms with E-state index in [2.05, 4.69) is 10.1 Å². The molecule has 0 heterocycles. The Labute approximate surface area is 94.6 Å². The van der Waals surface area contributed by atoms with Gasteiger partial charge in [-0.05, 0) is 30.7 Å². The van der Waals surface area contributed by atoms with Crippen molar-refractivity contribution in [2.24, 2.45) is 0 Å². The summed E-state index contributed by atoms with van der Waals surface area (Å²) in [5, 5.41) is 2.74. The third kappa shape index (κ3) is 3.38. The van der Waals surface area contributed by atoms with Crippen molar-refractivity contribution < 1.29 is 14.3 Å². The molecule has 4 heteroatoms. The number of ether oxygens (including phenoxy) is 1. The highest BCUT2D eigenvalue weighted by Crippen LogP contribution is 2.10. The van der Waals surface area contributed by atoms with Gasteiger partial charge >= 0.3 is 5.97 Å². The molecular formula is C12H15NO3. The van der Waals surface area contributed by atoms with E-state index in [9.17, 15) is 9.59 Å². The molecule has 0 aliphatic carbocycles. The fourth-order valence-electron chi connectivity index (χ4n) is 1.26. The normalized spacial score (nSPS) is 9.62. The molecule has 4 nitrogen and oxygen atoms in total. The molecule has 0 bridgehead atoms. The molecule has 0 fully saturated rings. The predicted octanol–water partition coefficient (Wildman–Crippen LogP) is 2.21. The van der Waals surface area contributed by atoms with Crippen molar-refractivity contribution in [3.8, 4) is 0 Å². The maximum atomic E-state index is 11.3. The summed E-state index contributed by atoms with van der Waals surface area (Å²) in [4.78, 5) is 22.4. The zero-order chi connectivity index (χ0) is 12.0. The molecule has 0 aromatic heterocycles. The van der Waals surface area contributed by atoms with Crippen LogP contribution in [-0.4, -0.2) is 19.0 Å². The largest absolute Gasteiger partial charge is 0.465 e. The standard InChI is InChI=1S/C12H15NO3/c1-3-4-11(14)13-10-7-5-9(6-8-10)12(15)16-2/h5-8H,3-4H2,1-2H3,(H,13,14). The Hall–Kier alpha value is -1.84. The van der Waals surface area contributed by atoms with Gasteiger partial charge in [-0.3, -0.25) is 4.79 Å². The lowest BCUT2D eigenvalue weighted by Gasteiger charge is -2.04. The molecule has 0 spiro atoms. The van der Waals surface area contributed by atoms with Gasteiger partial charge in [0.15, 0.2) is 0 Å². The van der Waals surface area contributed by atoms with E-state index < -0.39 is 0 Å². The number of benzene rings is 1. The summed E-state index contributed by atoms with van der Waals surface area (Å²) in [6.45, 7) is 1.94. The van der Waals surface area contributed by atoms with Gasteiger partial charge < -0.3 is 10.1 Å². The lowest BCUT2D eigenvalue weighted by atomic mass is 10.2. The molecule has 1 N–H and O–H groups in total. The average Bonchev–Trinajstić information content (AvgIpc) is 2.29. The second-order valence-electron chi connectivity index (χ2n) is 3.37. The molecule has 0 aliphatic rings. The zero-order valence-electron chi connectivity index (χ0n) is 9.45. The maximum Gasteiger partial charge on any atom is 0.337 e. The third-order valence-electron chi connectivity index (χ3n) is 2.07. The van der Waals surface area contributed by atoms with E-state index in [0.717, 1.165) is 6.42 Å². The summed E-state index contributed by atoms with van der Waals surface area (Å²) in [6, 6.07) is 6.60. The topological polar surface area (TPSA) is 55.4 Å². The molecule has 0 aliphatic heterocycles. The average molecular weight is 221 g/mol. The first-order chi connectivity index (χ1) is 7.67. The monoisotopic (exact) mass is 221 g/mol. The summed E-state index contributed by atoms with van der Waals surface area (Å²) < 4.78 is 4.57. The maximum absolute atomic E-state index is 11.3. The summed E-state index contributed by atoms with van der Waals surface area (Å²) in [6.07, 6.45) is 1.31. The Kier molecular flexibility index (Phi) is 4.51. The lowest BCUT2D eigenvalue weighted by Crippen LogP contribution is -2.10. The SMILES string of the molecule is CCCC(=O)Nc1ccc(C(=O)OC)cc1. The highest BCUT2D eigenvalue weighted by Gasteiger charge is 2.05. The number of rotatable bonds is 4. The van der Waals surface area contributed by atoms with Gasteiger partial charge in [-0.25, -0.2) is 4.79 Å². The fraction of sp³-hybridized carbons (Fsp3) is 0.333. The van der Waals surface area contributed by atoms with Crippen LogP contribution >= 0.6 is 0 Å². The molecule has 0 atom stereocenters. The van der Waals surface area contributed by atoms with E-state index in [-0.39, 0.29) is 11.9 Å². The van der Waals surface area contributed by atoms with Gasteiger partial charge in [-0.15, -0.1) is 0 Å². The Morgan fingerprint density at radius 3 is 2.38 bits per heavy atom. The van der Waals surface area contributed by atoms with Crippen LogP contribution in [0, 0.1) is 0 Å². The van der Waals surface area contributed by atoms with E-state index in [1.54, 1.807) is 24.3 Å². The molecule has 86 valence electrons. The van der Waals surface area contributed by atoms with Crippen LogP contribution in [0.1, 0.15) is 30.1 Å². The van der Waals surface area contributed by atoms with Crippen molar-refractivity contribution in [1.82, 2.24) is 0 Å². The summed E-state index contributed by atoms with van der Waals surface area (Å²) in [7, 11) is 1.33. The Balaban J connectivity index is 2.64. The number of anilines is 1. The van der Waals surface area contributed by atoms with Crippen molar-refractivity contribution in [2.75, 3.05) is 12.4 Å². The van der Waals surface area contributed by atoms with Crippen LogP contribution in [0.2, 0.25) is 0 Å². The van der Waals surface area contributed by atoms with E-state index >= 15 is 0 Å². The first kappa shape index (κ1) is 12.2. The van der Waals surface area contributed by atoms with Crippen LogP contribution in [0.4, 0.5) is 5.69 Å². The minimum atomic E-state index is -0.383.